The van der Waals surface area contributed by atoms with Gasteiger partial charge in [-0.3, -0.25) is 4.79 Å². The predicted molar refractivity (Wildman–Crippen MR) is 79.9 cm³/mol. The van der Waals surface area contributed by atoms with E-state index in [0.717, 1.165) is 11.1 Å². The second-order valence-corrected chi connectivity index (χ2v) is 4.29. The number of benzene rings is 2. The molecule has 106 valence electrons. The highest BCUT2D eigenvalue weighted by molar-refractivity contribution is 5.95. The molecule has 0 aliphatic carbocycles. The number of rotatable bonds is 6. The maximum atomic E-state index is 12.0. The molecule has 0 saturated heterocycles. The Labute approximate surface area is 123 Å². The fourth-order valence-electron chi connectivity index (χ4n) is 1.74. The van der Waals surface area contributed by atoms with Crippen molar-refractivity contribution in [1.29, 1.82) is 0 Å². The summed E-state index contributed by atoms with van der Waals surface area (Å²) in [5.74, 6) is -0.574. The van der Waals surface area contributed by atoms with E-state index >= 15 is 0 Å². The molecule has 0 radical (unpaired) electrons. The van der Waals surface area contributed by atoms with Crippen molar-refractivity contribution in [1.82, 2.24) is 5.32 Å². The van der Waals surface area contributed by atoms with Crippen molar-refractivity contribution < 1.29 is 14.3 Å². The van der Waals surface area contributed by atoms with Crippen LogP contribution in [0, 0.1) is 0 Å². The van der Waals surface area contributed by atoms with Gasteiger partial charge in [0.15, 0.2) is 0 Å². The minimum Gasteiger partial charge on any atom is -0.456 e. The van der Waals surface area contributed by atoms with Gasteiger partial charge in [-0.25, -0.2) is 4.79 Å². The fourth-order valence-corrected chi connectivity index (χ4v) is 1.74. The van der Waals surface area contributed by atoms with Gasteiger partial charge in [-0.05, 0) is 17.2 Å². The third-order valence-electron chi connectivity index (χ3n) is 2.76. The lowest BCUT2D eigenvalue weighted by molar-refractivity contribution is -0.141. The van der Waals surface area contributed by atoms with Crippen LogP contribution in [0.4, 0.5) is 0 Å². The second kappa shape index (κ2) is 7.65. The van der Waals surface area contributed by atoms with Gasteiger partial charge in [-0.15, -0.1) is 0 Å². The molecule has 4 nitrogen and oxygen atoms in total. The smallest absolute Gasteiger partial charge is 0.355 e. The van der Waals surface area contributed by atoms with Crippen LogP contribution < -0.4 is 5.32 Å². The predicted octanol–water partition coefficient (Wildman–Crippen LogP) is 2.52. The van der Waals surface area contributed by atoms with Gasteiger partial charge in [-0.2, -0.15) is 0 Å². The maximum absolute atomic E-state index is 12.0. The molecule has 0 fully saturated rings. The Morgan fingerprint density at radius 2 is 1.62 bits per heavy atom. The van der Waals surface area contributed by atoms with Crippen LogP contribution in [0.3, 0.4) is 0 Å². The summed E-state index contributed by atoms with van der Waals surface area (Å²) in [5.41, 5.74) is 1.79. The molecule has 2 aromatic carbocycles. The molecule has 0 spiro atoms. The first kappa shape index (κ1) is 14.5. The van der Waals surface area contributed by atoms with Gasteiger partial charge >= 0.3 is 5.97 Å². The molecule has 4 heteroatoms. The first-order valence-corrected chi connectivity index (χ1v) is 6.47. The molecule has 2 aromatic rings. The van der Waals surface area contributed by atoms with E-state index < -0.39 is 5.97 Å². The van der Waals surface area contributed by atoms with Crippen molar-refractivity contribution in [2.24, 2.45) is 0 Å². The van der Waals surface area contributed by atoms with Crippen LogP contribution in [0.15, 0.2) is 66.4 Å². The molecule has 1 N–H and O–H groups in total. The highest BCUT2D eigenvalue weighted by Crippen LogP contribution is 2.08. The fraction of sp³-hybridized carbons (Fsp3) is 0.0588. The third kappa shape index (κ3) is 4.62. The topological polar surface area (TPSA) is 55.4 Å². The summed E-state index contributed by atoms with van der Waals surface area (Å²) in [5, 5.41) is 2.37. The van der Waals surface area contributed by atoms with E-state index in [9.17, 15) is 9.59 Å². The minimum absolute atomic E-state index is 0.104. The van der Waals surface area contributed by atoms with Crippen LogP contribution >= 0.6 is 0 Å². The van der Waals surface area contributed by atoms with E-state index in [4.69, 9.17) is 4.74 Å². The van der Waals surface area contributed by atoms with Crippen LogP contribution in [-0.2, 0) is 20.9 Å². The van der Waals surface area contributed by atoms with E-state index in [-0.39, 0.29) is 12.3 Å². The average molecular weight is 281 g/mol. The maximum Gasteiger partial charge on any atom is 0.355 e. The molecule has 0 bridgehead atoms. The molecular formula is C17H15NO3. The molecule has 0 atom stereocenters. The number of carbonyl (C=O) groups excluding carboxylic acids is 2. The second-order valence-electron chi connectivity index (χ2n) is 4.29. The quantitative estimate of drug-likeness (QED) is 0.503. The molecular weight excluding hydrogens is 266 g/mol. The highest BCUT2D eigenvalue weighted by Gasteiger charge is 2.10. The van der Waals surface area contributed by atoms with Crippen LogP contribution in [0.5, 0.6) is 0 Å². The van der Waals surface area contributed by atoms with Crippen LogP contribution in [0.25, 0.3) is 6.08 Å². The van der Waals surface area contributed by atoms with Gasteiger partial charge in [-0.1, -0.05) is 60.7 Å². The Morgan fingerprint density at radius 3 is 2.24 bits per heavy atom. The minimum atomic E-state index is -0.574. The molecule has 21 heavy (non-hydrogen) atoms. The summed E-state index contributed by atoms with van der Waals surface area (Å²) in [7, 11) is 0. The Kier molecular flexibility index (Phi) is 5.29. The number of nitrogens with one attached hydrogen (secondary N) is 1. The summed E-state index contributed by atoms with van der Waals surface area (Å²) < 4.78 is 5.19. The van der Waals surface area contributed by atoms with Gasteiger partial charge in [0.25, 0.3) is 0 Å². The zero-order chi connectivity index (χ0) is 14.9. The summed E-state index contributed by atoms with van der Waals surface area (Å²) in [6.45, 7) is 0.159. The molecule has 1 amide bonds. The summed E-state index contributed by atoms with van der Waals surface area (Å²) in [4.78, 5) is 22.6. The Balaban J connectivity index is 2.05. The van der Waals surface area contributed by atoms with E-state index in [1.54, 1.807) is 6.08 Å². The van der Waals surface area contributed by atoms with Gasteiger partial charge < -0.3 is 10.1 Å². The number of hydrogen-bond donors (Lipinski definition) is 1. The molecule has 0 aliphatic rings. The van der Waals surface area contributed by atoms with Gasteiger partial charge in [0, 0.05) is 0 Å². The van der Waals surface area contributed by atoms with Gasteiger partial charge in [0.05, 0.1) is 0 Å². The Morgan fingerprint density at radius 1 is 1.00 bits per heavy atom. The average Bonchev–Trinajstić information content (AvgIpc) is 2.54. The Bertz CT molecular complexity index is 621. The van der Waals surface area contributed by atoms with E-state index in [1.165, 1.54) is 0 Å². The summed E-state index contributed by atoms with van der Waals surface area (Å²) in [6.07, 6.45) is 2.03. The zero-order valence-electron chi connectivity index (χ0n) is 11.4. The largest absolute Gasteiger partial charge is 0.456 e. The molecule has 0 aliphatic heterocycles. The van der Waals surface area contributed by atoms with Crippen molar-refractivity contribution in [2.45, 2.75) is 6.61 Å². The third-order valence-corrected chi connectivity index (χ3v) is 2.76. The summed E-state index contributed by atoms with van der Waals surface area (Å²) in [6, 6.07) is 18.6. The molecule has 2 rings (SSSR count). The molecule has 0 saturated carbocycles. The SMILES string of the molecule is O=CN/C(=C\c1ccccc1)C(=O)OCc1ccccc1. The number of ether oxygens (including phenoxy) is 1. The first-order valence-electron chi connectivity index (χ1n) is 6.47. The number of hydrogen-bond acceptors (Lipinski definition) is 3. The standard InChI is InChI=1S/C17H15NO3/c19-13-18-16(11-14-7-3-1-4-8-14)17(20)21-12-15-9-5-2-6-10-15/h1-11,13H,12H2,(H,18,19)/b16-11-. The van der Waals surface area contributed by atoms with Gasteiger partial charge in [0.1, 0.15) is 12.3 Å². The molecule has 0 aromatic heterocycles. The lowest BCUT2D eigenvalue weighted by Crippen LogP contribution is -2.20. The molecule has 0 heterocycles. The van der Waals surface area contributed by atoms with Gasteiger partial charge in [0.2, 0.25) is 6.41 Å². The highest BCUT2D eigenvalue weighted by atomic mass is 16.5. The molecule has 0 unspecified atom stereocenters. The van der Waals surface area contributed by atoms with Crippen molar-refractivity contribution >= 4 is 18.5 Å². The lowest BCUT2D eigenvalue weighted by atomic mass is 10.2. The summed E-state index contributed by atoms with van der Waals surface area (Å²) >= 11 is 0. The van der Waals surface area contributed by atoms with E-state index in [1.807, 2.05) is 60.7 Å². The zero-order valence-corrected chi connectivity index (χ0v) is 11.4. The van der Waals surface area contributed by atoms with E-state index in [2.05, 4.69) is 5.32 Å². The van der Waals surface area contributed by atoms with Crippen LogP contribution in [0.1, 0.15) is 11.1 Å². The first-order chi connectivity index (χ1) is 10.3. The van der Waals surface area contributed by atoms with Crippen molar-refractivity contribution in [3.05, 3.63) is 77.5 Å². The van der Waals surface area contributed by atoms with Crippen molar-refractivity contribution in [3.8, 4) is 0 Å². The van der Waals surface area contributed by atoms with Crippen molar-refractivity contribution in [3.63, 3.8) is 0 Å². The van der Waals surface area contributed by atoms with Crippen LogP contribution in [0.2, 0.25) is 0 Å². The number of amides is 1. The normalized spacial score (nSPS) is 10.8. The monoisotopic (exact) mass is 281 g/mol. The van der Waals surface area contributed by atoms with Crippen LogP contribution in [-0.4, -0.2) is 12.4 Å². The lowest BCUT2D eigenvalue weighted by Gasteiger charge is -2.07. The number of esters is 1. The Hall–Kier alpha value is -2.88. The number of carbonyl (C=O) groups is 2. The van der Waals surface area contributed by atoms with E-state index in [0.29, 0.717) is 6.41 Å². The van der Waals surface area contributed by atoms with Crippen molar-refractivity contribution in [2.75, 3.05) is 0 Å².